The van der Waals surface area contributed by atoms with Gasteiger partial charge in [0, 0.05) is 28.9 Å². The summed E-state index contributed by atoms with van der Waals surface area (Å²) in [7, 11) is 0. The molecule has 0 saturated carbocycles. The van der Waals surface area contributed by atoms with Crippen LogP contribution in [0.25, 0.3) is 6.08 Å². The number of benzene rings is 2. The summed E-state index contributed by atoms with van der Waals surface area (Å²) in [5, 5.41) is 0. The molecule has 0 aliphatic carbocycles. The van der Waals surface area contributed by atoms with E-state index in [9.17, 15) is 24.0 Å². The minimum absolute atomic E-state index is 0.0467. The molecule has 0 spiro atoms. The van der Waals surface area contributed by atoms with E-state index < -0.39 is 35.8 Å². The Morgan fingerprint density at radius 3 is 1.61 bits per heavy atom. The fourth-order valence-corrected chi connectivity index (χ4v) is 2.61. The van der Waals surface area contributed by atoms with Gasteiger partial charge in [0.05, 0.1) is 5.92 Å². The lowest BCUT2D eigenvalue weighted by Gasteiger charge is -2.12. The first-order valence-electron chi connectivity index (χ1n) is 12.2. The van der Waals surface area contributed by atoms with Crippen LogP contribution in [0.5, 0.6) is 28.7 Å². The minimum atomic E-state index is -0.859. The number of hydrogen-bond acceptors (Lipinski definition) is 10. The van der Waals surface area contributed by atoms with Crippen molar-refractivity contribution >= 4 is 35.9 Å². The average Bonchev–Trinajstić information content (AvgIpc) is 2.89. The summed E-state index contributed by atoms with van der Waals surface area (Å²) in [5.74, 6) is -4.40. The number of rotatable bonds is 11. The zero-order valence-electron chi connectivity index (χ0n) is 23.4. The Kier molecular flexibility index (Phi) is 11.1. The fraction of sp³-hybridized carbons (Fsp3) is 0.194. The number of hydrogen-bond donors (Lipinski definition) is 0. The van der Waals surface area contributed by atoms with E-state index in [-0.39, 0.29) is 45.5 Å². The largest absolute Gasteiger partial charge is 0.426 e. The lowest BCUT2D eigenvalue weighted by atomic mass is 10.2. The van der Waals surface area contributed by atoms with E-state index in [1.807, 2.05) is 0 Å². The van der Waals surface area contributed by atoms with Gasteiger partial charge in [-0.3, -0.25) is 4.79 Å². The first-order chi connectivity index (χ1) is 19.2. The van der Waals surface area contributed by atoms with Crippen molar-refractivity contribution in [2.75, 3.05) is 0 Å². The standard InChI is InChI=1S/C31H30O10/c1-17(2)28(33)37-22-11-13-23(26(16-22)41-31(36)20(7)8)38-27(32)14-10-21-9-12-24(39-29(34)18(3)4)25(15-21)40-30(35)19(5)6/h9-17H,3,5,7H2,1-2,4,6,8H3/b14-10+. The van der Waals surface area contributed by atoms with Gasteiger partial charge in [0.1, 0.15) is 5.75 Å². The molecule has 214 valence electrons. The summed E-state index contributed by atoms with van der Waals surface area (Å²) in [6.45, 7) is 18.2. The van der Waals surface area contributed by atoms with Crippen LogP contribution in [0.15, 0.2) is 78.9 Å². The molecule has 41 heavy (non-hydrogen) atoms. The highest BCUT2D eigenvalue weighted by atomic mass is 16.6. The summed E-state index contributed by atoms with van der Waals surface area (Å²) in [6, 6.07) is 8.15. The number of carbonyl (C=O) groups excluding carboxylic acids is 5. The molecule has 0 aliphatic heterocycles. The molecule has 0 bridgehead atoms. The van der Waals surface area contributed by atoms with Crippen LogP contribution in [0.3, 0.4) is 0 Å². The SMILES string of the molecule is C=C(C)C(=O)Oc1cc(OC(=O)C(C)C)ccc1OC(=O)/C=C/c1ccc(OC(=O)C(=C)C)c(OC(=O)C(=C)C)c1. The highest BCUT2D eigenvalue weighted by Gasteiger charge is 2.18. The normalized spacial score (nSPS) is 10.5. The molecular formula is C31H30O10. The molecule has 2 aromatic rings. The van der Waals surface area contributed by atoms with Gasteiger partial charge < -0.3 is 23.7 Å². The number of carbonyl (C=O) groups is 5. The van der Waals surface area contributed by atoms with Crippen LogP contribution in [-0.2, 0) is 24.0 Å². The van der Waals surface area contributed by atoms with Gasteiger partial charge in [-0.15, -0.1) is 0 Å². The van der Waals surface area contributed by atoms with Crippen molar-refractivity contribution in [1.29, 1.82) is 0 Å². The summed E-state index contributed by atoms with van der Waals surface area (Å²) >= 11 is 0. The van der Waals surface area contributed by atoms with Crippen molar-refractivity contribution in [3.05, 3.63) is 84.5 Å². The first-order valence-corrected chi connectivity index (χ1v) is 12.2. The van der Waals surface area contributed by atoms with Gasteiger partial charge in [0.15, 0.2) is 23.0 Å². The second kappa shape index (κ2) is 14.2. The van der Waals surface area contributed by atoms with Gasteiger partial charge in [-0.05, 0) is 56.7 Å². The third-order valence-electron chi connectivity index (χ3n) is 4.85. The maximum Gasteiger partial charge on any atom is 0.338 e. The van der Waals surface area contributed by atoms with E-state index in [4.69, 9.17) is 23.7 Å². The van der Waals surface area contributed by atoms with Gasteiger partial charge in [0.25, 0.3) is 0 Å². The van der Waals surface area contributed by atoms with Crippen LogP contribution in [0.4, 0.5) is 0 Å². The molecule has 0 atom stereocenters. The predicted octanol–water partition coefficient (Wildman–Crippen LogP) is 5.31. The fourth-order valence-electron chi connectivity index (χ4n) is 2.61. The van der Waals surface area contributed by atoms with Crippen molar-refractivity contribution in [2.24, 2.45) is 5.92 Å². The average molecular weight is 563 g/mol. The first kappa shape index (κ1) is 32.0. The second-order valence-corrected chi connectivity index (χ2v) is 9.15. The maximum absolute atomic E-state index is 12.6. The molecule has 0 aliphatic rings. The molecule has 0 fully saturated rings. The van der Waals surface area contributed by atoms with E-state index >= 15 is 0 Å². The smallest absolute Gasteiger partial charge is 0.338 e. The molecule has 0 radical (unpaired) electrons. The molecule has 2 rings (SSSR count). The van der Waals surface area contributed by atoms with E-state index in [1.165, 1.54) is 63.2 Å². The van der Waals surface area contributed by atoms with Crippen molar-refractivity contribution in [3.8, 4) is 28.7 Å². The van der Waals surface area contributed by atoms with Gasteiger partial charge in [0.2, 0.25) is 0 Å². The maximum atomic E-state index is 12.6. The Labute approximate surface area is 237 Å². The van der Waals surface area contributed by atoms with Gasteiger partial charge in [-0.25, -0.2) is 19.2 Å². The predicted molar refractivity (Wildman–Crippen MR) is 149 cm³/mol. The third kappa shape index (κ3) is 9.77. The quantitative estimate of drug-likeness (QED) is 0.202. The lowest BCUT2D eigenvalue weighted by molar-refractivity contribution is -0.138. The van der Waals surface area contributed by atoms with Gasteiger partial charge in [-0.1, -0.05) is 39.7 Å². The molecule has 0 aromatic heterocycles. The van der Waals surface area contributed by atoms with E-state index in [1.54, 1.807) is 13.8 Å². The van der Waals surface area contributed by atoms with Crippen LogP contribution >= 0.6 is 0 Å². The van der Waals surface area contributed by atoms with Crippen molar-refractivity contribution in [1.82, 2.24) is 0 Å². The summed E-state index contributed by atoms with van der Waals surface area (Å²) in [6.07, 6.45) is 2.42. The van der Waals surface area contributed by atoms with Crippen molar-refractivity contribution < 1.29 is 47.7 Å². The third-order valence-corrected chi connectivity index (χ3v) is 4.85. The number of ether oxygens (including phenoxy) is 5. The zero-order chi connectivity index (χ0) is 30.9. The highest BCUT2D eigenvalue weighted by Crippen LogP contribution is 2.33. The molecule has 0 heterocycles. The lowest BCUT2D eigenvalue weighted by Crippen LogP contribution is -2.15. The Hall–Kier alpha value is -5.25. The van der Waals surface area contributed by atoms with Gasteiger partial charge >= 0.3 is 29.8 Å². The van der Waals surface area contributed by atoms with Crippen LogP contribution in [0.1, 0.15) is 40.2 Å². The number of esters is 5. The molecule has 2 aromatic carbocycles. The van der Waals surface area contributed by atoms with Crippen LogP contribution in [0.2, 0.25) is 0 Å². The Balaban J connectivity index is 2.32. The Morgan fingerprint density at radius 1 is 0.634 bits per heavy atom. The van der Waals surface area contributed by atoms with Crippen LogP contribution in [-0.4, -0.2) is 29.8 Å². The summed E-state index contributed by atoms with van der Waals surface area (Å²) < 4.78 is 26.3. The molecule has 0 unspecified atom stereocenters. The van der Waals surface area contributed by atoms with Crippen LogP contribution in [0, 0.1) is 5.92 Å². The van der Waals surface area contributed by atoms with E-state index in [0.29, 0.717) is 5.56 Å². The Morgan fingerprint density at radius 2 is 1.10 bits per heavy atom. The van der Waals surface area contributed by atoms with Crippen LogP contribution < -0.4 is 23.7 Å². The van der Waals surface area contributed by atoms with E-state index in [2.05, 4.69) is 19.7 Å². The van der Waals surface area contributed by atoms with Crippen molar-refractivity contribution in [2.45, 2.75) is 34.6 Å². The molecule has 0 saturated heterocycles. The summed E-state index contributed by atoms with van der Waals surface area (Å²) in [4.78, 5) is 60.8. The topological polar surface area (TPSA) is 132 Å². The van der Waals surface area contributed by atoms with Crippen molar-refractivity contribution in [3.63, 3.8) is 0 Å². The minimum Gasteiger partial charge on any atom is -0.426 e. The second-order valence-electron chi connectivity index (χ2n) is 9.15. The summed E-state index contributed by atoms with van der Waals surface area (Å²) in [5.41, 5.74) is 0.715. The highest BCUT2D eigenvalue weighted by molar-refractivity contribution is 5.93. The Bertz CT molecular complexity index is 1460. The zero-order valence-corrected chi connectivity index (χ0v) is 23.4. The van der Waals surface area contributed by atoms with Gasteiger partial charge in [-0.2, -0.15) is 0 Å². The monoisotopic (exact) mass is 562 g/mol. The molecule has 0 N–H and O–H groups in total. The molecule has 10 heteroatoms. The molecule has 0 amide bonds. The molecule has 10 nitrogen and oxygen atoms in total. The van der Waals surface area contributed by atoms with E-state index in [0.717, 1.165) is 6.08 Å². The molecular weight excluding hydrogens is 532 g/mol.